The van der Waals surface area contributed by atoms with Crippen molar-refractivity contribution in [2.24, 2.45) is 0 Å². The first-order valence-corrected chi connectivity index (χ1v) is 12.6. The van der Waals surface area contributed by atoms with Gasteiger partial charge >= 0.3 is 11.7 Å². The smallest absolute Gasteiger partial charge is 0.351 e. The standard InChI is InChI=1S/C29H31N5O3/c1-21(2)34-29(37)33(27(30-34)23-11-7-4-8-12-23)25-15-13-24(14-16-25)31-17-19-32(20-18-31)26(28(35)36)22-9-5-3-6-10-22/h3-16,21,26H,17-20H2,1-2H3,(H,35,36). The van der Waals surface area contributed by atoms with E-state index in [9.17, 15) is 14.7 Å². The van der Waals surface area contributed by atoms with Gasteiger partial charge in [-0.2, -0.15) is 0 Å². The highest BCUT2D eigenvalue weighted by Crippen LogP contribution is 2.26. The first-order valence-electron chi connectivity index (χ1n) is 12.6. The molecule has 0 saturated carbocycles. The molecule has 37 heavy (non-hydrogen) atoms. The molecular weight excluding hydrogens is 466 g/mol. The van der Waals surface area contributed by atoms with Gasteiger partial charge in [0.25, 0.3) is 0 Å². The molecule has 0 bridgehead atoms. The van der Waals surface area contributed by atoms with Crippen molar-refractivity contribution < 1.29 is 9.90 Å². The van der Waals surface area contributed by atoms with E-state index in [4.69, 9.17) is 0 Å². The van der Waals surface area contributed by atoms with E-state index in [0.29, 0.717) is 18.9 Å². The van der Waals surface area contributed by atoms with Crippen molar-refractivity contribution >= 4 is 11.7 Å². The maximum atomic E-state index is 13.3. The van der Waals surface area contributed by atoms with E-state index in [1.807, 2.05) is 104 Å². The highest BCUT2D eigenvalue weighted by molar-refractivity contribution is 5.75. The van der Waals surface area contributed by atoms with Gasteiger partial charge in [0, 0.05) is 37.4 Å². The van der Waals surface area contributed by atoms with E-state index in [0.717, 1.165) is 35.6 Å². The fourth-order valence-electron chi connectivity index (χ4n) is 4.92. The lowest BCUT2D eigenvalue weighted by atomic mass is 10.0. The molecule has 0 spiro atoms. The van der Waals surface area contributed by atoms with Crippen molar-refractivity contribution in [1.29, 1.82) is 0 Å². The van der Waals surface area contributed by atoms with Crippen LogP contribution in [0.2, 0.25) is 0 Å². The topological polar surface area (TPSA) is 83.6 Å². The van der Waals surface area contributed by atoms with Crippen LogP contribution in [0.5, 0.6) is 0 Å². The van der Waals surface area contributed by atoms with E-state index in [2.05, 4.69) is 10.00 Å². The van der Waals surface area contributed by atoms with Crippen LogP contribution in [0, 0.1) is 0 Å². The summed E-state index contributed by atoms with van der Waals surface area (Å²) < 4.78 is 3.18. The monoisotopic (exact) mass is 497 g/mol. The normalized spacial score (nSPS) is 15.2. The van der Waals surface area contributed by atoms with Crippen LogP contribution >= 0.6 is 0 Å². The molecule has 1 aliphatic heterocycles. The van der Waals surface area contributed by atoms with Crippen molar-refractivity contribution in [3.05, 3.63) is 101 Å². The summed E-state index contributed by atoms with van der Waals surface area (Å²) in [4.78, 5) is 29.6. The number of carbonyl (C=O) groups is 1. The van der Waals surface area contributed by atoms with Gasteiger partial charge in [-0.25, -0.2) is 14.0 Å². The Morgan fingerprint density at radius 2 is 1.38 bits per heavy atom. The number of hydrogen-bond donors (Lipinski definition) is 1. The van der Waals surface area contributed by atoms with E-state index in [-0.39, 0.29) is 11.7 Å². The predicted molar refractivity (Wildman–Crippen MR) is 144 cm³/mol. The molecule has 1 unspecified atom stereocenters. The third kappa shape index (κ3) is 4.93. The zero-order chi connectivity index (χ0) is 25.9. The molecule has 1 aromatic heterocycles. The molecule has 8 nitrogen and oxygen atoms in total. The lowest BCUT2D eigenvalue weighted by Gasteiger charge is -2.39. The van der Waals surface area contributed by atoms with Crippen molar-refractivity contribution in [3.8, 4) is 17.1 Å². The molecular formula is C29H31N5O3. The number of aromatic nitrogens is 3. The Morgan fingerprint density at radius 1 is 0.811 bits per heavy atom. The third-order valence-corrected chi connectivity index (χ3v) is 6.82. The van der Waals surface area contributed by atoms with Gasteiger partial charge in [-0.3, -0.25) is 9.69 Å². The molecule has 3 aromatic carbocycles. The molecule has 0 radical (unpaired) electrons. The van der Waals surface area contributed by atoms with Gasteiger partial charge in [0.2, 0.25) is 0 Å². The largest absolute Gasteiger partial charge is 0.480 e. The van der Waals surface area contributed by atoms with Gasteiger partial charge in [0.1, 0.15) is 6.04 Å². The third-order valence-electron chi connectivity index (χ3n) is 6.82. The Labute approximate surface area is 216 Å². The maximum absolute atomic E-state index is 13.3. The number of hydrogen-bond acceptors (Lipinski definition) is 5. The minimum absolute atomic E-state index is 0.0581. The Morgan fingerprint density at radius 3 is 1.95 bits per heavy atom. The molecule has 8 heteroatoms. The predicted octanol–water partition coefficient (Wildman–Crippen LogP) is 4.23. The minimum Gasteiger partial charge on any atom is -0.480 e. The van der Waals surface area contributed by atoms with Crippen LogP contribution in [-0.2, 0) is 4.79 Å². The highest BCUT2D eigenvalue weighted by Gasteiger charge is 2.30. The highest BCUT2D eigenvalue weighted by atomic mass is 16.4. The first kappa shape index (κ1) is 24.5. The second-order valence-corrected chi connectivity index (χ2v) is 9.54. The van der Waals surface area contributed by atoms with Gasteiger partial charge in [-0.05, 0) is 43.7 Å². The van der Waals surface area contributed by atoms with Crippen LogP contribution in [-0.4, -0.2) is 56.5 Å². The lowest BCUT2D eigenvalue weighted by molar-refractivity contribution is -0.143. The summed E-state index contributed by atoms with van der Waals surface area (Å²) in [6.07, 6.45) is 0. The second kappa shape index (κ2) is 10.4. The molecule has 1 atom stereocenters. The molecule has 1 aliphatic rings. The Balaban J connectivity index is 1.36. The lowest BCUT2D eigenvalue weighted by Crippen LogP contribution is -2.49. The summed E-state index contributed by atoms with van der Waals surface area (Å²) in [5.41, 5.74) is 3.31. The number of rotatable bonds is 7. The maximum Gasteiger partial charge on any atom is 0.351 e. The molecule has 1 saturated heterocycles. The molecule has 0 amide bonds. The van der Waals surface area contributed by atoms with Gasteiger partial charge in [0.05, 0.1) is 11.7 Å². The minimum atomic E-state index is -0.828. The van der Waals surface area contributed by atoms with Gasteiger partial charge in [-0.1, -0.05) is 60.7 Å². The fourth-order valence-corrected chi connectivity index (χ4v) is 4.92. The summed E-state index contributed by atoms with van der Waals surface area (Å²) in [7, 11) is 0. The van der Waals surface area contributed by atoms with Crippen LogP contribution in [0.3, 0.4) is 0 Å². The molecule has 1 fully saturated rings. The Hall–Kier alpha value is -4.17. The molecule has 190 valence electrons. The molecule has 2 heterocycles. The van der Waals surface area contributed by atoms with Crippen LogP contribution < -0.4 is 10.6 Å². The molecule has 4 aromatic rings. The van der Waals surface area contributed by atoms with E-state index < -0.39 is 12.0 Å². The number of anilines is 1. The molecule has 5 rings (SSSR count). The van der Waals surface area contributed by atoms with Crippen LogP contribution in [0.1, 0.15) is 31.5 Å². The van der Waals surface area contributed by atoms with Crippen LogP contribution in [0.25, 0.3) is 17.1 Å². The summed E-state index contributed by atoms with van der Waals surface area (Å²) in [5, 5.41) is 14.5. The van der Waals surface area contributed by atoms with Gasteiger partial charge in [-0.15, -0.1) is 5.10 Å². The molecule has 1 N–H and O–H groups in total. The van der Waals surface area contributed by atoms with E-state index in [1.165, 1.54) is 4.68 Å². The number of carboxylic acid groups (broad SMARTS) is 1. The Kier molecular flexibility index (Phi) is 6.92. The van der Waals surface area contributed by atoms with Crippen molar-refractivity contribution in [2.75, 3.05) is 31.1 Å². The fraction of sp³-hybridized carbons (Fsp3) is 0.276. The Bertz CT molecular complexity index is 1400. The van der Waals surface area contributed by atoms with Gasteiger partial charge < -0.3 is 10.0 Å². The number of aliphatic carboxylic acids is 1. The summed E-state index contributed by atoms with van der Waals surface area (Å²) in [6, 6.07) is 26.4. The zero-order valence-electron chi connectivity index (χ0n) is 21.1. The number of piperazine rings is 1. The number of nitrogens with zero attached hydrogens (tertiary/aromatic N) is 5. The first-order chi connectivity index (χ1) is 17.9. The SMILES string of the molecule is CC(C)n1nc(-c2ccccc2)n(-c2ccc(N3CCN(C(C(=O)O)c4ccccc4)CC3)cc2)c1=O. The summed E-state index contributed by atoms with van der Waals surface area (Å²) >= 11 is 0. The van der Waals surface area contributed by atoms with E-state index >= 15 is 0 Å². The van der Waals surface area contributed by atoms with Gasteiger partial charge in [0.15, 0.2) is 5.82 Å². The summed E-state index contributed by atoms with van der Waals surface area (Å²) in [5.74, 6) is -0.216. The van der Waals surface area contributed by atoms with Crippen molar-refractivity contribution in [2.45, 2.75) is 25.9 Å². The average molecular weight is 498 g/mol. The second-order valence-electron chi connectivity index (χ2n) is 9.54. The van der Waals surface area contributed by atoms with Crippen molar-refractivity contribution in [3.63, 3.8) is 0 Å². The zero-order valence-corrected chi connectivity index (χ0v) is 21.1. The quantitative estimate of drug-likeness (QED) is 0.412. The van der Waals surface area contributed by atoms with Crippen molar-refractivity contribution in [1.82, 2.24) is 19.2 Å². The average Bonchev–Trinajstić information content (AvgIpc) is 3.27. The van der Waals surface area contributed by atoms with Crippen LogP contribution in [0.4, 0.5) is 5.69 Å². The summed E-state index contributed by atoms with van der Waals surface area (Å²) in [6.45, 7) is 6.62. The molecule has 0 aliphatic carbocycles. The number of benzene rings is 3. The number of carboxylic acids is 1. The van der Waals surface area contributed by atoms with Crippen LogP contribution in [0.15, 0.2) is 89.7 Å². The van der Waals surface area contributed by atoms with E-state index in [1.54, 1.807) is 4.57 Å².